The summed E-state index contributed by atoms with van der Waals surface area (Å²) >= 11 is 0. The molecule has 0 saturated carbocycles. The number of carbonyl (C=O) groups excluding carboxylic acids is 1. The SMILES string of the molecule is C[C@H](NC(=O)c1ccc2c(c1)OCCN2Cc1ccc(-c2ccccc2C(=O)O)cc1)c1ccccc1. The van der Waals surface area contributed by atoms with Crippen molar-refractivity contribution in [3.63, 3.8) is 0 Å². The molecule has 5 rings (SSSR count). The van der Waals surface area contributed by atoms with Crippen LogP contribution in [0.1, 0.15) is 44.8 Å². The highest BCUT2D eigenvalue weighted by atomic mass is 16.5. The van der Waals surface area contributed by atoms with Gasteiger partial charge in [0.2, 0.25) is 0 Å². The van der Waals surface area contributed by atoms with Gasteiger partial charge in [0.1, 0.15) is 12.4 Å². The number of benzene rings is 4. The van der Waals surface area contributed by atoms with Crippen LogP contribution < -0.4 is 15.0 Å². The van der Waals surface area contributed by atoms with Crippen LogP contribution in [-0.4, -0.2) is 30.1 Å². The van der Waals surface area contributed by atoms with E-state index in [9.17, 15) is 14.7 Å². The van der Waals surface area contributed by atoms with E-state index in [1.54, 1.807) is 18.2 Å². The van der Waals surface area contributed by atoms with Gasteiger partial charge in [-0.3, -0.25) is 4.79 Å². The molecule has 37 heavy (non-hydrogen) atoms. The van der Waals surface area contributed by atoms with Crippen molar-refractivity contribution < 1.29 is 19.4 Å². The summed E-state index contributed by atoms with van der Waals surface area (Å²) in [7, 11) is 0. The molecule has 0 saturated heterocycles. The highest BCUT2D eigenvalue weighted by Gasteiger charge is 2.21. The van der Waals surface area contributed by atoms with Gasteiger partial charge in [0.15, 0.2) is 0 Å². The smallest absolute Gasteiger partial charge is 0.336 e. The topological polar surface area (TPSA) is 78.9 Å². The van der Waals surface area contributed by atoms with Crippen LogP contribution in [0.5, 0.6) is 5.75 Å². The molecule has 4 aromatic rings. The van der Waals surface area contributed by atoms with E-state index in [2.05, 4.69) is 10.2 Å². The number of anilines is 1. The monoisotopic (exact) mass is 492 g/mol. The molecule has 186 valence electrons. The number of carboxylic acids is 1. The van der Waals surface area contributed by atoms with E-state index in [0.717, 1.165) is 28.9 Å². The van der Waals surface area contributed by atoms with Crippen molar-refractivity contribution in [2.75, 3.05) is 18.1 Å². The van der Waals surface area contributed by atoms with Crippen LogP contribution in [0.3, 0.4) is 0 Å². The Bertz CT molecular complexity index is 1420. The van der Waals surface area contributed by atoms with Crippen LogP contribution in [-0.2, 0) is 6.54 Å². The Morgan fingerprint density at radius 1 is 0.946 bits per heavy atom. The van der Waals surface area contributed by atoms with E-state index in [0.29, 0.717) is 30.0 Å². The second-order valence-electron chi connectivity index (χ2n) is 9.11. The van der Waals surface area contributed by atoms with E-state index in [1.807, 2.05) is 85.8 Å². The van der Waals surface area contributed by atoms with Crippen LogP contribution in [0.4, 0.5) is 5.69 Å². The fourth-order valence-corrected chi connectivity index (χ4v) is 4.62. The molecule has 6 nitrogen and oxygen atoms in total. The second kappa shape index (κ2) is 10.6. The maximum atomic E-state index is 12.9. The van der Waals surface area contributed by atoms with Gasteiger partial charge in [-0.25, -0.2) is 4.79 Å². The zero-order chi connectivity index (χ0) is 25.8. The van der Waals surface area contributed by atoms with Gasteiger partial charge in [0.05, 0.1) is 23.8 Å². The van der Waals surface area contributed by atoms with Crippen molar-refractivity contribution in [3.8, 4) is 16.9 Å². The Kier molecular flexibility index (Phi) is 6.90. The highest BCUT2D eigenvalue weighted by molar-refractivity contribution is 5.96. The number of fused-ring (bicyclic) bond motifs is 1. The largest absolute Gasteiger partial charge is 0.490 e. The maximum Gasteiger partial charge on any atom is 0.336 e. The van der Waals surface area contributed by atoms with Crippen molar-refractivity contribution in [1.29, 1.82) is 0 Å². The summed E-state index contributed by atoms with van der Waals surface area (Å²) in [4.78, 5) is 26.7. The summed E-state index contributed by atoms with van der Waals surface area (Å²) < 4.78 is 5.91. The number of hydrogen-bond donors (Lipinski definition) is 2. The Morgan fingerprint density at radius 3 is 2.43 bits per heavy atom. The van der Waals surface area contributed by atoms with Crippen molar-refractivity contribution in [3.05, 3.63) is 119 Å². The highest BCUT2D eigenvalue weighted by Crippen LogP contribution is 2.34. The van der Waals surface area contributed by atoms with Gasteiger partial charge < -0.3 is 20.1 Å². The number of carboxylic acid groups (broad SMARTS) is 1. The molecule has 6 heteroatoms. The quantitative estimate of drug-likeness (QED) is 0.334. The predicted octanol–water partition coefficient (Wildman–Crippen LogP) is 5.94. The van der Waals surface area contributed by atoms with E-state index in [4.69, 9.17) is 4.74 Å². The summed E-state index contributed by atoms with van der Waals surface area (Å²) in [5.41, 5.74) is 5.51. The molecule has 0 aromatic heterocycles. The maximum absolute atomic E-state index is 12.9. The van der Waals surface area contributed by atoms with Crippen molar-refractivity contribution >= 4 is 17.6 Å². The minimum absolute atomic E-state index is 0.104. The molecule has 0 unspecified atom stereocenters. The zero-order valence-corrected chi connectivity index (χ0v) is 20.6. The molecule has 1 heterocycles. The first-order chi connectivity index (χ1) is 18.0. The van der Waals surface area contributed by atoms with Gasteiger partial charge in [-0.1, -0.05) is 72.8 Å². The van der Waals surface area contributed by atoms with Gasteiger partial charge in [-0.05, 0) is 53.4 Å². The van der Waals surface area contributed by atoms with Gasteiger partial charge in [-0.2, -0.15) is 0 Å². The third-order valence-corrected chi connectivity index (χ3v) is 6.62. The number of hydrogen-bond acceptors (Lipinski definition) is 4. The summed E-state index contributed by atoms with van der Waals surface area (Å²) in [6.45, 7) is 3.90. The Morgan fingerprint density at radius 2 is 1.68 bits per heavy atom. The zero-order valence-electron chi connectivity index (χ0n) is 20.6. The third-order valence-electron chi connectivity index (χ3n) is 6.62. The van der Waals surface area contributed by atoms with Crippen molar-refractivity contribution in [1.82, 2.24) is 5.32 Å². The molecule has 0 spiro atoms. The van der Waals surface area contributed by atoms with Gasteiger partial charge in [0.25, 0.3) is 5.91 Å². The summed E-state index contributed by atoms with van der Waals surface area (Å²) in [5, 5.41) is 12.6. The standard InChI is InChI=1S/C31H28N2O4/c1-21(23-7-3-2-4-8-23)32-30(34)25-15-16-28-29(19-25)37-18-17-33(28)20-22-11-13-24(14-12-22)26-9-5-6-10-27(26)31(35)36/h2-16,19,21H,17-18,20H2,1H3,(H,32,34)(H,35,36)/t21-/m0/s1. The Balaban J connectivity index is 1.29. The van der Waals surface area contributed by atoms with Crippen LogP contribution in [0.2, 0.25) is 0 Å². The van der Waals surface area contributed by atoms with Gasteiger partial charge in [0, 0.05) is 12.1 Å². The molecule has 0 fully saturated rings. The van der Waals surface area contributed by atoms with Gasteiger partial charge >= 0.3 is 5.97 Å². The van der Waals surface area contributed by atoms with Crippen LogP contribution >= 0.6 is 0 Å². The molecule has 0 radical (unpaired) electrons. The average molecular weight is 493 g/mol. The molecular weight excluding hydrogens is 464 g/mol. The average Bonchev–Trinajstić information content (AvgIpc) is 2.93. The number of aromatic carboxylic acids is 1. The first-order valence-electron chi connectivity index (χ1n) is 12.3. The van der Waals surface area contributed by atoms with Crippen LogP contribution in [0.25, 0.3) is 11.1 Å². The number of nitrogens with one attached hydrogen (secondary N) is 1. The predicted molar refractivity (Wildman–Crippen MR) is 144 cm³/mol. The summed E-state index contributed by atoms with van der Waals surface area (Å²) in [5.74, 6) is -0.387. The Hall–Kier alpha value is -4.58. The molecule has 1 atom stereocenters. The number of nitrogens with zero attached hydrogens (tertiary/aromatic N) is 1. The fraction of sp³-hybridized carbons (Fsp3) is 0.161. The first-order valence-corrected chi connectivity index (χ1v) is 12.3. The van der Waals surface area contributed by atoms with E-state index < -0.39 is 5.97 Å². The number of carbonyl (C=O) groups is 2. The fourth-order valence-electron chi connectivity index (χ4n) is 4.62. The second-order valence-corrected chi connectivity index (χ2v) is 9.11. The minimum atomic E-state index is -0.938. The lowest BCUT2D eigenvalue weighted by atomic mass is 9.98. The lowest BCUT2D eigenvalue weighted by molar-refractivity contribution is 0.0697. The molecule has 0 bridgehead atoms. The normalized spacial score (nSPS) is 13.3. The molecule has 1 amide bonds. The Labute approximate surface area is 216 Å². The molecule has 1 aliphatic rings. The van der Waals surface area contributed by atoms with E-state index in [-0.39, 0.29) is 17.5 Å². The number of ether oxygens (including phenoxy) is 1. The van der Waals surface area contributed by atoms with Crippen molar-refractivity contribution in [2.45, 2.75) is 19.5 Å². The number of rotatable bonds is 7. The third kappa shape index (κ3) is 5.33. The molecule has 2 N–H and O–H groups in total. The lowest BCUT2D eigenvalue weighted by Gasteiger charge is -2.31. The van der Waals surface area contributed by atoms with Crippen LogP contribution in [0.15, 0.2) is 97.1 Å². The summed E-state index contributed by atoms with van der Waals surface area (Å²) in [6, 6.07) is 30.3. The summed E-state index contributed by atoms with van der Waals surface area (Å²) in [6.07, 6.45) is 0. The minimum Gasteiger partial charge on any atom is -0.490 e. The van der Waals surface area contributed by atoms with Gasteiger partial charge in [-0.15, -0.1) is 0 Å². The van der Waals surface area contributed by atoms with Crippen molar-refractivity contribution in [2.24, 2.45) is 0 Å². The molecule has 4 aromatic carbocycles. The molecule has 1 aliphatic heterocycles. The number of amides is 1. The molecule has 0 aliphatic carbocycles. The molecular formula is C31H28N2O4. The van der Waals surface area contributed by atoms with E-state index in [1.165, 1.54) is 0 Å². The first kappa shape index (κ1) is 24.1. The van der Waals surface area contributed by atoms with E-state index >= 15 is 0 Å². The van der Waals surface area contributed by atoms with Crippen LogP contribution in [0, 0.1) is 0 Å². The lowest BCUT2D eigenvalue weighted by Crippen LogP contribution is -2.32.